The molecule has 0 spiro atoms. The van der Waals surface area contributed by atoms with Crippen LogP contribution in [-0.2, 0) is 16.2 Å². The molecule has 3 aromatic carbocycles. The molecule has 6 heteroatoms. The first-order chi connectivity index (χ1) is 16.1. The molecule has 2 aliphatic carbocycles. The van der Waals surface area contributed by atoms with Crippen molar-refractivity contribution in [3.8, 4) is 5.75 Å². The smallest absolute Gasteiger partial charge is 0.254 e. The summed E-state index contributed by atoms with van der Waals surface area (Å²) in [6.07, 6.45) is 6.57. The van der Waals surface area contributed by atoms with Crippen LogP contribution in [0, 0.1) is 29.5 Å². The van der Waals surface area contributed by atoms with Crippen molar-refractivity contribution in [3.63, 3.8) is 0 Å². The third kappa shape index (κ3) is 3.25. The molecule has 5 nitrogen and oxygen atoms in total. The summed E-state index contributed by atoms with van der Waals surface area (Å²) in [7, 11) is 0. The van der Waals surface area contributed by atoms with E-state index >= 15 is 0 Å². The highest BCUT2D eigenvalue weighted by Crippen LogP contribution is 2.52. The zero-order chi connectivity index (χ0) is 22.5. The quantitative estimate of drug-likeness (QED) is 0.328. The van der Waals surface area contributed by atoms with Crippen LogP contribution in [0.2, 0.25) is 0 Å². The van der Waals surface area contributed by atoms with E-state index in [0.717, 1.165) is 27.8 Å². The second-order valence-electron chi connectivity index (χ2n) is 8.85. The van der Waals surface area contributed by atoms with Crippen LogP contribution in [-0.4, -0.2) is 23.0 Å². The molecule has 2 amide bonds. The van der Waals surface area contributed by atoms with Gasteiger partial charge in [-0.1, -0.05) is 54.6 Å². The van der Waals surface area contributed by atoms with Gasteiger partial charge in [0.15, 0.2) is 0 Å². The molecule has 2 fully saturated rings. The Balaban J connectivity index is 1.32. The van der Waals surface area contributed by atoms with Gasteiger partial charge in [-0.05, 0) is 52.8 Å². The number of nitrogens with zero attached hydrogens (tertiary/aromatic N) is 2. The number of imide groups is 1. The first-order valence-corrected chi connectivity index (χ1v) is 11.1. The first kappa shape index (κ1) is 19.9. The Bertz CT molecular complexity index is 1300. The normalized spacial score (nSPS) is 25.5. The maximum absolute atomic E-state index is 13.2. The molecule has 1 heterocycles. The van der Waals surface area contributed by atoms with Crippen molar-refractivity contribution in [1.29, 1.82) is 0 Å². The molecular weight excluding hydrogens is 419 g/mol. The molecule has 1 saturated heterocycles. The zero-order valence-electron chi connectivity index (χ0n) is 17.7. The van der Waals surface area contributed by atoms with Crippen LogP contribution < -0.4 is 4.74 Å². The van der Waals surface area contributed by atoms with Gasteiger partial charge in [-0.25, -0.2) is 4.39 Å². The van der Waals surface area contributed by atoms with Gasteiger partial charge in [-0.15, -0.1) is 0 Å². The molecule has 3 aromatic rings. The first-order valence-electron chi connectivity index (χ1n) is 11.1. The van der Waals surface area contributed by atoms with Gasteiger partial charge in [-0.2, -0.15) is 10.1 Å². The van der Waals surface area contributed by atoms with E-state index in [1.807, 2.05) is 36.4 Å². The lowest BCUT2D eigenvalue weighted by Crippen LogP contribution is -2.28. The molecule has 3 aliphatic rings. The minimum atomic E-state index is -0.300. The summed E-state index contributed by atoms with van der Waals surface area (Å²) in [5, 5.41) is 7.31. The number of hydrazone groups is 1. The van der Waals surface area contributed by atoms with Gasteiger partial charge in [0.25, 0.3) is 11.8 Å². The Kier molecular flexibility index (Phi) is 4.61. The Labute approximate surface area is 190 Å². The van der Waals surface area contributed by atoms with E-state index in [1.165, 1.54) is 12.1 Å². The second-order valence-corrected chi connectivity index (χ2v) is 8.85. The summed E-state index contributed by atoms with van der Waals surface area (Å²) in [5.74, 6) is -0.446. The van der Waals surface area contributed by atoms with Gasteiger partial charge in [0.05, 0.1) is 18.1 Å². The molecule has 0 N–H and O–H groups in total. The lowest BCUT2D eigenvalue weighted by Gasteiger charge is -2.14. The summed E-state index contributed by atoms with van der Waals surface area (Å²) in [6, 6.07) is 17.7. The van der Waals surface area contributed by atoms with Crippen molar-refractivity contribution in [3.05, 3.63) is 89.8 Å². The Morgan fingerprint density at radius 1 is 0.939 bits per heavy atom. The molecule has 4 atom stereocenters. The standard InChI is InChI=1S/C27H21FN2O3/c28-20-10-5-16(6-11-20)15-33-23-12-9-17-3-1-2-4-21(17)22(23)14-29-30-26(31)24-18-7-8-19(13-18)25(24)27(30)32/h1-12,14,18-19,24-25H,13,15H2. The number of rotatable bonds is 5. The van der Waals surface area contributed by atoms with Crippen molar-refractivity contribution in [1.82, 2.24) is 5.01 Å². The monoisotopic (exact) mass is 440 g/mol. The molecule has 2 bridgehead atoms. The largest absolute Gasteiger partial charge is 0.488 e. The van der Waals surface area contributed by atoms with E-state index in [2.05, 4.69) is 17.3 Å². The van der Waals surface area contributed by atoms with Crippen LogP contribution in [0.25, 0.3) is 10.8 Å². The number of carbonyl (C=O) groups excluding carboxylic acids is 2. The molecule has 4 unspecified atom stereocenters. The van der Waals surface area contributed by atoms with Gasteiger partial charge in [-0.3, -0.25) is 9.59 Å². The summed E-state index contributed by atoms with van der Waals surface area (Å²) < 4.78 is 19.3. The van der Waals surface area contributed by atoms with Crippen molar-refractivity contribution >= 4 is 28.8 Å². The number of ether oxygens (including phenoxy) is 1. The maximum Gasteiger partial charge on any atom is 0.254 e. The third-order valence-corrected chi connectivity index (χ3v) is 6.99. The van der Waals surface area contributed by atoms with Crippen LogP contribution >= 0.6 is 0 Å². The number of carbonyl (C=O) groups is 2. The van der Waals surface area contributed by atoms with Crippen LogP contribution in [0.3, 0.4) is 0 Å². The molecule has 1 aliphatic heterocycles. The lowest BCUT2D eigenvalue weighted by atomic mass is 9.85. The Hall–Kier alpha value is -3.80. The van der Waals surface area contributed by atoms with Crippen LogP contribution in [0.15, 0.2) is 77.9 Å². The van der Waals surface area contributed by atoms with Crippen molar-refractivity contribution in [2.75, 3.05) is 0 Å². The number of hydrogen-bond donors (Lipinski definition) is 0. The molecule has 0 aromatic heterocycles. The number of fused-ring (bicyclic) bond motifs is 6. The number of halogens is 1. The molecule has 33 heavy (non-hydrogen) atoms. The van der Waals surface area contributed by atoms with Gasteiger partial charge in [0.1, 0.15) is 18.2 Å². The van der Waals surface area contributed by atoms with E-state index in [-0.39, 0.29) is 47.9 Å². The van der Waals surface area contributed by atoms with Gasteiger partial charge in [0, 0.05) is 5.56 Å². The summed E-state index contributed by atoms with van der Waals surface area (Å²) >= 11 is 0. The number of allylic oxidation sites excluding steroid dienone is 2. The van der Waals surface area contributed by atoms with Crippen molar-refractivity contribution in [2.45, 2.75) is 13.0 Å². The fourth-order valence-electron chi connectivity index (χ4n) is 5.39. The van der Waals surface area contributed by atoms with E-state index in [9.17, 15) is 14.0 Å². The number of hydrogen-bond acceptors (Lipinski definition) is 4. The zero-order valence-corrected chi connectivity index (χ0v) is 17.7. The number of amides is 2. The third-order valence-electron chi connectivity index (χ3n) is 6.99. The highest BCUT2D eigenvalue weighted by molar-refractivity contribution is 6.08. The highest BCUT2D eigenvalue weighted by Gasteiger charge is 2.59. The van der Waals surface area contributed by atoms with Crippen LogP contribution in [0.4, 0.5) is 4.39 Å². The molecule has 164 valence electrons. The molecule has 6 rings (SSSR count). The van der Waals surface area contributed by atoms with E-state index in [0.29, 0.717) is 11.3 Å². The minimum absolute atomic E-state index is 0.142. The highest BCUT2D eigenvalue weighted by atomic mass is 19.1. The van der Waals surface area contributed by atoms with Gasteiger partial charge in [0.2, 0.25) is 0 Å². The summed E-state index contributed by atoms with van der Waals surface area (Å²) in [4.78, 5) is 26.0. The fourth-order valence-corrected chi connectivity index (χ4v) is 5.39. The summed E-state index contributed by atoms with van der Waals surface area (Å²) in [5.41, 5.74) is 1.52. The van der Waals surface area contributed by atoms with E-state index in [4.69, 9.17) is 4.74 Å². The van der Waals surface area contributed by atoms with E-state index in [1.54, 1.807) is 18.3 Å². The molecule has 1 saturated carbocycles. The average Bonchev–Trinajstić information content (AvgIpc) is 3.52. The predicted molar refractivity (Wildman–Crippen MR) is 122 cm³/mol. The lowest BCUT2D eigenvalue weighted by molar-refractivity contribution is -0.140. The minimum Gasteiger partial charge on any atom is -0.488 e. The van der Waals surface area contributed by atoms with Gasteiger partial charge < -0.3 is 4.74 Å². The Morgan fingerprint density at radius 2 is 1.64 bits per heavy atom. The maximum atomic E-state index is 13.2. The van der Waals surface area contributed by atoms with Crippen molar-refractivity contribution in [2.24, 2.45) is 28.8 Å². The van der Waals surface area contributed by atoms with Crippen LogP contribution in [0.1, 0.15) is 17.5 Å². The predicted octanol–water partition coefficient (Wildman–Crippen LogP) is 4.70. The Morgan fingerprint density at radius 3 is 2.36 bits per heavy atom. The van der Waals surface area contributed by atoms with E-state index < -0.39 is 0 Å². The number of benzene rings is 3. The molecule has 0 radical (unpaired) electrons. The SMILES string of the molecule is O=C1C2C3C=CC(C3)C2C(=O)N1N=Cc1c(OCc2ccc(F)cc2)ccc2ccccc12. The van der Waals surface area contributed by atoms with Crippen LogP contribution in [0.5, 0.6) is 5.75 Å². The summed E-state index contributed by atoms with van der Waals surface area (Å²) in [6.45, 7) is 0.250. The second kappa shape index (κ2) is 7.66. The topological polar surface area (TPSA) is 59.0 Å². The average molecular weight is 440 g/mol. The molecular formula is C27H21FN2O3. The fraction of sp³-hybridized carbons (Fsp3) is 0.222. The van der Waals surface area contributed by atoms with Crippen molar-refractivity contribution < 1.29 is 18.7 Å². The van der Waals surface area contributed by atoms with Gasteiger partial charge >= 0.3 is 0 Å².